The molecule has 0 aliphatic carbocycles. The summed E-state index contributed by atoms with van der Waals surface area (Å²) in [6.45, 7) is 1.76. The number of benzene rings is 1. The van der Waals surface area contributed by atoms with Crippen molar-refractivity contribution < 1.29 is 14.7 Å². The highest BCUT2D eigenvalue weighted by atomic mass is 16.3. The van der Waals surface area contributed by atoms with E-state index >= 15 is 0 Å². The van der Waals surface area contributed by atoms with Gasteiger partial charge in [0.1, 0.15) is 0 Å². The number of rotatable bonds is 3. The zero-order chi connectivity index (χ0) is 15.0. The Morgan fingerprint density at radius 2 is 2.10 bits per heavy atom. The summed E-state index contributed by atoms with van der Waals surface area (Å²) in [6, 6.07) is 8.69. The lowest BCUT2D eigenvalue weighted by molar-refractivity contribution is -0.135. The summed E-state index contributed by atoms with van der Waals surface area (Å²) in [5.41, 5.74) is 0.519. The highest BCUT2D eigenvalue weighted by Crippen LogP contribution is 2.45. The largest absolute Gasteiger partial charge is 0.375 e. The van der Waals surface area contributed by atoms with Crippen LogP contribution in [0.25, 0.3) is 0 Å². The molecule has 0 saturated heterocycles. The minimum Gasteiger partial charge on any atom is -0.375 e. The molecule has 0 saturated carbocycles. The summed E-state index contributed by atoms with van der Waals surface area (Å²) in [7, 11) is 0. The highest BCUT2D eigenvalue weighted by Gasteiger charge is 2.48. The minimum absolute atomic E-state index is 0.278. The number of anilines is 2. The molecule has 2 heterocycles. The first-order valence-electron chi connectivity index (χ1n) is 6.68. The van der Waals surface area contributed by atoms with Crippen molar-refractivity contribution in [2.45, 2.75) is 18.9 Å². The van der Waals surface area contributed by atoms with Gasteiger partial charge in [-0.3, -0.25) is 19.5 Å². The van der Waals surface area contributed by atoms with Crippen molar-refractivity contribution in [3.8, 4) is 0 Å². The number of amides is 1. The molecule has 106 valence electrons. The number of aromatic nitrogens is 1. The Kier molecular flexibility index (Phi) is 3.07. The van der Waals surface area contributed by atoms with Gasteiger partial charge in [0, 0.05) is 17.3 Å². The van der Waals surface area contributed by atoms with Crippen LogP contribution in [0.4, 0.5) is 11.4 Å². The lowest BCUT2D eigenvalue weighted by Gasteiger charge is -2.21. The zero-order valence-electron chi connectivity index (χ0n) is 11.5. The van der Waals surface area contributed by atoms with Crippen molar-refractivity contribution in [1.82, 2.24) is 4.98 Å². The highest BCUT2D eigenvalue weighted by molar-refractivity contribution is 6.12. The second-order valence-corrected chi connectivity index (χ2v) is 4.97. The van der Waals surface area contributed by atoms with E-state index in [0.717, 1.165) is 0 Å². The molecule has 1 aliphatic rings. The lowest BCUT2D eigenvalue weighted by atomic mass is 9.93. The first kappa shape index (κ1) is 13.5. The summed E-state index contributed by atoms with van der Waals surface area (Å²) in [5, 5.41) is 10.7. The molecule has 5 heteroatoms. The maximum atomic E-state index is 12.7. The molecular formula is C16H14N2O3. The van der Waals surface area contributed by atoms with Crippen molar-refractivity contribution in [1.29, 1.82) is 0 Å². The number of carbonyl (C=O) groups is 2. The lowest BCUT2D eigenvalue weighted by Crippen LogP contribution is -2.37. The Morgan fingerprint density at radius 1 is 1.33 bits per heavy atom. The Bertz CT molecular complexity index is 729. The molecular weight excluding hydrogens is 268 g/mol. The number of pyridine rings is 1. The van der Waals surface area contributed by atoms with Crippen molar-refractivity contribution in [2.75, 3.05) is 4.90 Å². The first-order chi connectivity index (χ1) is 10.1. The maximum Gasteiger partial charge on any atom is 0.268 e. The van der Waals surface area contributed by atoms with Crippen LogP contribution in [-0.2, 0) is 10.4 Å². The van der Waals surface area contributed by atoms with Gasteiger partial charge in [-0.25, -0.2) is 0 Å². The van der Waals surface area contributed by atoms with E-state index < -0.39 is 11.5 Å². The normalized spacial score (nSPS) is 20.5. The summed E-state index contributed by atoms with van der Waals surface area (Å²) in [6.07, 6.45) is 3.88. The Balaban J connectivity index is 2.20. The van der Waals surface area contributed by atoms with Crippen LogP contribution in [0, 0.1) is 0 Å². The number of para-hydroxylation sites is 1. The van der Waals surface area contributed by atoms with Crippen LogP contribution in [-0.4, -0.2) is 22.3 Å². The fraction of sp³-hybridized carbons (Fsp3) is 0.188. The van der Waals surface area contributed by atoms with Gasteiger partial charge in [0.15, 0.2) is 11.9 Å². The van der Waals surface area contributed by atoms with Crippen molar-refractivity contribution >= 4 is 23.6 Å². The van der Waals surface area contributed by atoms with Gasteiger partial charge in [-0.15, -0.1) is 0 Å². The average molecular weight is 282 g/mol. The van der Waals surface area contributed by atoms with Crippen molar-refractivity contribution in [3.63, 3.8) is 0 Å². The molecule has 1 unspecified atom stereocenters. The van der Waals surface area contributed by atoms with Gasteiger partial charge in [-0.05, 0) is 18.6 Å². The van der Waals surface area contributed by atoms with E-state index in [4.69, 9.17) is 0 Å². The second kappa shape index (κ2) is 4.79. The summed E-state index contributed by atoms with van der Waals surface area (Å²) in [5.74, 6) is -0.420. The molecule has 1 aliphatic heterocycles. The fourth-order valence-corrected chi connectivity index (χ4v) is 2.66. The van der Waals surface area contributed by atoms with Gasteiger partial charge in [-0.1, -0.05) is 25.1 Å². The molecule has 0 radical (unpaired) electrons. The second-order valence-electron chi connectivity index (χ2n) is 4.97. The molecule has 0 spiro atoms. The van der Waals surface area contributed by atoms with E-state index in [0.29, 0.717) is 28.8 Å². The third-order valence-corrected chi connectivity index (χ3v) is 3.80. The molecule has 1 atom stereocenters. The number of carbonyl (C=O) groups excluding carboxylic acids is 2. The van der Waals surface area contributed by atoms with E-state index in [2.05, 4.69) is 4.98 Å². The van der Waals surface area contributed by atoms with Gasteiger partial charge in [-0.2, -0.15) is 0 Å². The molecule has 5 nitrogen and oxygen atoms in total. The van der Waals surface area contributed by atoms with E-state index in [1.807, 2.05) is 0 Å². The molecule has 0 bridgehead atoms. The number of hydrogen-bond acceptors (Lipinski definition) is 4. The van der Waals surface area contributed by atoms with Crippen LogP contribution in [0.15, 0.2) is 42.7 Å². The zero-order valence-corrected chi connectivity index (χ0v) is 11.5. The van der Waals surface area contributed by atoms with Gasteiger partial charge in [0.25, 0.3) is 5.91 Å². The van der Waals surface area contributed by atoms with Crippen molar-refractivity contribution in [3.05, 3.63) is 53.9 Å². The molecule has 3 rings (SSSR count). The van der Waals surface area contributed by atoms with Crippen molar-refractivity contribution in [2.24, 2.45) is 0 Å². The van der Waals surface area contributed by atoms with Gasteiger partial charge in [0.2, 0.25) is 0 Å². The number of aliphatic hydroxyl groups is 1. The standard InChI is InChI=1S/C16H14N2O3/c1-2-16(21)13-5-3-4-6-14(13)18(15(16)20)12-7-11(10-19)8-17-9-12/h3-10,21H,2H2,1H3. The first-order valence-corrected chi connectivity index (χ1v) is 6.68. The van der Waals surface area contributed by atoms with Crippen LogP contribution >= 0.6 is 0 Å². The number of aldehydes is 1. The number of fused-ring (bicyclic) bond motifs is 1. The quantitative estimate of drug-likeness (QED) is 0.876. The summed E-state index contributed by atoms with van der Waals surface area (Å²) >= 11 is 0. The van der Waals surface area contributed by atoms with Crippen LogP contribution in [0.1, 0.15) is 29.3 Å². The smallest absolute Gasteiger partial charge is 0.268 e. The monoisotopic (exact) mass is 282 g/mol. The molecule has 21 heavy (non-hydrogen) atoms. The third kappa shape index (κ3) is 1.86. The van der Waals surface area contributed by atoms with Crippen LogP contribution in [0.5, 0.6) is 0 Å². The van der Waals surface area contributed by atoms with Gasteiger partial charge >= 0.3 is 0 Å². The predicted octanol–water partition coefficient (Wildman–Crippen LogP) is 2.17. The van der Waals surface area contributed by atoms with E-state index in [1.165, 1.54) is 17.3 Å². The fourth-order valence-electron chi connectivity index (χ4n) is 2.66. The van der Waals surface area contributed by atoms with E-state index in [9.17, 15) is 14.7 Å². The maximum absolute atomic E-state index is 12.7. The summed E-state index contributed by atoms with van der Waals surface area (Å²) in [4.78, 5) is 29.0. The molecule has 1 amide bonds. The minimum atomic E-state index is -1.53. The topological polar surface area (TPSA) is 70.5 Å². The van der Waals surface area contributed by atoms with Crippen LogP contribution in [0.2, 0.25) is 0 Å². The molecule has 0 fully saturated rings. The number of nitrogens with zero attached hydrogens (tertiary/aromatic N) is 2. The summed E-state index contributed by atoms with van der Waals surface area (Å²) < 4.78 is 0. The molecule has 1 aromatic carbocycles. The average Bonchev–Trinajstić information content (AvgIpc) is 2.76. The Labute approximate surface area is 121 Å². The van der Waals surface area contributed by atoms with E-state index in [1.54, 1.807) is 37.3 Å². The third-order valence-electron chi connectivity index (χ3n) is 3.80. The molecule has 2 aromatic rings. The SMILES string of the molecule is CCC1(O)C(=O)N(c2cncc(C=O)c2)c2ccccc21. The van der Waals surface area contributed by atoms with E-state index in [-0.39, 0.29) is 6.42 Å². The van der Waals surface area contributed by atoms with Gasteiger partial charge in [0.05, 0.1) is 17.6 Å². The van der Waals surface area contributed by atoms with Crippen LogP contribution < -0.4 is 4.90 Å². The van der Waals surface area contributed by atoms with Crippen LogP contribution in [0.3, 0.4) is 0 Å². The van der Waals surface area contributed by atoms with Gasteiger partial charge < -0.3 is 5.11 Å². The number of hydrogen-bond donors (Lipinski definition) is 1. The molecule has 1 N–H and O–H groups in total. The predicted molar refractivity (Wildman–Crippen MR) is 77.4 cm³/mol. The molecule has 1 aromatic heterocycles. The Hall–Kier alpha value is -2.53. The Morgan fingerprint density at radius 3 is 2.81 bits per heavy atom.